The van der Waals surface area contributed by atoms with Crippen LogP contribution >= 0.6 is 12.6 Å². The van der Waals surface area contributed by atoms with Gasteiger partial charge >= 0.3 is 18.1 Å². The maximum absolute atomic E-state index is 12.2. The third-order valence-electron chi connectivity index (χ3n) is 3.49. The Morgan fingerprint density at radius 1 is 1.21 bits per heavy atom. The van der Waals surface area contributed by atoms with Crippen molar-refractivity contribution in [1.29, 1.82) is 0 Å². The number of carbonyl (C=O) groups excluding carboxylic acids is 2. The molecule has 0 spiro atoms. The molecule has 9 nitrogen and oxygen atoms in total. The number of aliphatic carboxylic acids is 1. The van der Waals surface area contributed by atoms with Gasteiger partial charge in [-0.15, -0.1) is 0 Å². The Kier molecular flexibility index (Phi) is 15.7. The van der Waals surface area contributed by atoms with Crippen molar-refractivity contribution in [2.75, 3.05) is 19.4 Å². The summed E-state index contributed by atoms with van der Waals surface area (Å²) in [6.07, 6.45) is -1.38. The summed E-state index contributed by atoms with van der Waals surface area (Å²) in [6, 6.07) is -0.685. The molecule has 0 aromatic heterocycles. The lowest BCUT2D eigenvalue weighted by Gasteiger charge is -2.20. The monoisotopic (exact) mass is 446 g/mol. The summed E-state index contributed by atoms with van der Waals surface area (Å²) in [5, 5.41) is 9.87. The van der Waals surface area contributed by atoms with Gasteiger partial charge in [-0.1, -0.05) is 19.8 Å². The number of unbranched alkanes of at least 4 members (excludes halogenated alkanes) is 1. The number of thiol groups is 1. The molecule has 0 aliphatic rings. The molecule has 6 N–H and O–H groups in total. The van der Waals surface area contributed by atoms with Gasteiger partial charge in [0, 0.05) is 18.2 Å². The number of ether oxygens (including phenoxy) is 1. The van der Waals surface area contributed by atoms with E-state index in [-0.39, 0.29) is 17.8 Å². The number of guanidine groups is 1. The number of nitrogens with zero attached hydrogens (tertiary/aromatic N) is 1. The van der Waals surface area contributed by atoms with Crippen molar-refractivity contribution in [3.63, 3.8) is 0 Å². The molecule has 1 amide bonds. The number of aliphatic imine (C=N–C) groups is 1. The summed E-state index contributed by atoms with van der Waals surface area (Å²) in [6.45, 7) is 2.46. The summed E-state index contributed by atoms with van der Waals surface area (Å²) >= 11 is 4.21. The number of carboxylic acid groups (broad SMARTS) is 1. The van der Waals surface area contributed by atoms with Crippen LogP contribution in [0.25, 0.3) is 0 Å². The molecule has 170 valence electrons. The minimum Gasteiger partial charge on any atom is -0.475 e. The molecule has 0 aromatic carbocycles. The van der Waals surface area contributed by atoms with Gasteiger partial charge in [-0.05, 0) is 19.3 Å². The molecule has 13 heteroatoms. The molecule has 29 heavy (non-hydrogen) atoms. The number of halogens is 3. The number of carbonyl (C=O) groups is 3. The van der Waals surface area contributed by atoms with Gasteiger partial charge in [-0.2, -0.15) is 25.8 Å². The van der Waals surface area contributed by atoms with E-state index in [1.165, 1.54) is 7.11 Å². The van der Waals surface area contributed by atoms with Gasteiger partial charge in [0.05, 0.1) is 7.11 Å². The van der Waals surface area contributed by atoms with Crippen molar-refractivity contribution in [3.05, 3.63) is 0 Å². The van der Waals surface area contributed by atoms with Crippen LogP contribution in [-0.2, 0) is 19.1 Å². The van der Waals surface area contributed by atoms with Gasteiger partial charge in [0.15, 0.2) is 5.96 Å². The molecule has 0 bridgehead atoms. The summed E-state index contributed by atoms with van der Waals surface area (Å²) in [4.78, 5) is 36.7. The van der Waals surface area contributed by atoms with Crippen molar-refractivity contribution < 1.29 is 37.4 Å². The van der Waals surface area contributed by atoms with Crippen molar-refractivity contribution in [3.8, 4) is 0 Å². The fraction of sp³-hybridized carbons (Fsp3) is 0.750. The molecule has 0 heterocycles. The van der Waals surface area contributed by atoms with E-state index < -0.39 is 24.2 Å². The zero-order chi connectivity index (χ0) is 23.0. The standard InChI is InChI=1S/C14H28N4O3S.C2HF3O2/c1-3-4-6-10(9-22)12(19)18-11(13(20)21-2)7-5-8-17-14(15)16;3-2(4,5)1(6)7/h10-11,22H,3-9H2,1-2H3,(H,18,19)(H4,15,16,17);(H,6,7). The van der Waals surface area contributed by atoms with Gasteiger partial charge in [-0.3, -0.25) is 9.79 Å². The molecular formula is C16H29F3N4O5S. The normalized spacial score (nSPS) is 12.6. The third-order valence-corrected chi connectivity index (χ3v) is 3.93. The SMILES string of the molecule is CCCCC(CS)C(=O)NC(CCCN=C(N)N)C(=O)OC.O=C(O)C(F)(F)F. The van der Waals surface area contributed by atoms with E-state index in [0.29, 0.717) is 25.1 Å². The van der Waals surface area contributed by atoms with Crippen LogP contribution in [0.1, 0.15) is 39.0 Å². The van der Waals surface area contributed by atoms with Crippen LogP contribution in [-0.4, -0.2) is 60.5 Å². The Morgan fingerprint density at radius 3 is 2.14 bits per heavy atom. The highest BCUT2D eigenvalue weighted by atomic mass is 32.1. The number of amides is 1. The van der Waals surface area contributed by atoms with Crippen molar-refractivity contribution in [1.82, 2.24) is 5.32 Å². The summed E-state index contributed by atoms with van der Waals surface area (Å²) in [7, 11) is 1.30. The molecular weight excluding hydrogens is 417 g/mol. The number of carboxylic acids is 1. The highest BCUT2D eigenvalue weighted by Gasteiger charge is 2.38. The highest BCUT2D eigenvalue weighted by Crippen LogP contribution is 2.13. The minimum atomic E-state index is -5.08. The zero-order valence-electron chi connectivity index (χ0n) is 16.4. The van der Waals surface area contributed by atoms with E-state index in [4.69, 9.17) is 26.1 Å². The number of rotatable bonds is 11. The van der Waals surface area contributed by atoms with Crippen molar-refractivity contribution in [2.45, 2.75) is 51.2 Å². The predicted molar refractivity (Wildman–Crippen MR) is 104 cm³/mol. The lowest BCUT2D eigenvalue weighted by molar-refractivity contribution is -0.192. The number of esters is 1. The second-order valence-electron chi connectivity index (χ2n) is 5.86. The third kappa shape index (κ3) is 15.4. The van der Waals surface area contributed by atoms with Crippen LogP contribution in [0.2, 0.25) is 0 Å². The fourth-order valence-electron chi connectivity index (χ4n) is 1.94. The maximum atomic E-state index is 12.2. The summed E-state index contributed by atoms with van der Waals surface area (Å²) < 4.78 is 36.5. The molecule has 0 fully saturated rings. The van der Waals surface area contributed by atoms with E-state index in [1.54, 1.807) is 0 Å². The Balaban J connectivity index is 0. The second-order valence-corrected chi connectivity index (χ2v) is 6.22. The molecule has 0 radical (unpaired) electrons. The highest BCUT2D eigenvalue weighted by molar-refractivity contribution is 7.80. The van der Waals surface area contributed by atoms with E-state index in [0.717, 1.165) is 19.3 Å². The molecule has 0 saturated heterocycles. The second kappa shape index (κ2) is 15.7. The Bertz CT molecular complexity index is 543. The first-order chi connectivity index (χ1) is 13.4. The zero-order valence-corrected chi connectivity index (χ0v) is 17.3. The van der Waals surface area contributed by atoms with Crippen LogP contribution in [0, 0.1) is 5.92 Å². The first-order valence-electron chi connectivity index (χ1n) is 8.75. The van der Waals surface area contributed by atoms with E-state index in [2.05, 4.69) is 29.9 Å². The first-order valence-corrected chi connectivity index (χ1v) is 9.38. The molecule has 0 saturated carbocycles. The van der Waals surface area contributed by atoms with Gasteiger partial charge in [0.2, 0.25) is 5.91 Å². The lowest BCUT2D eigenvalue weighted by atomic mass is 10.0. The van der Waals surface area contributed by atoms with Crippen molar-refractivity contribution >= 4 is 36.4 Å². The molecule has 0 rings (SSSR count). The van der Waals surface area contributed by atoms with E-state index in [1.807, 2.05) is 0 Å². The number of nitrogens with two attached hydrogens (primary N) is 2. The summed E-state index contributed by atoms with van der Waals surface area (Å²) in [5.74, 6) is -3.13. The molecule has 0 aliphatic carbocycles. The van der Waals surface area contributed by atoms with Gasteiger partial charge in [-0.25, -0.2) is 9.59 Å². The topological polar surface area (TPSA) is 157 Å². The van der Waals surface area contributed by atoms with Gasteiger partial charge in [0.1, 0.15) is 6.04 Å². The molecule has 2 unspecified atom stereocenters. The number of hydrogen-bond donors (Lipinski definition) is 5. The largest absolute Gasteiger partial charge is 0.490 e. The quantitative estimate of drug-likeness (QED) is 0.104. The number of nitrogens with one attached hydrogen (secondary N) is 1. The van der Waals surface area contributed by atoms with Crippen LogP contribution in [0.5, 0.6) is 0 Å². The Morgan fingerprint density at radius 2 is 1.76 bits per heavy atom. The Labute approximate surface area is 172 Å². The molecule has 2 atom stereocenters. The van der Waals surface area contributed by atoms with E-state index >= 15 is 0 Å². The number of methoxy groups -OCH3 is 1. The first kappa shape index (κ1) is 29.0. The van der Waals surface area contributed by atoms with Crippen LogP contribution in [0.3, 0.4) is 0 Å². The maximum Gasteiger partial charge on any atom is 0.490 e. The van der Waals surface area contributed by atoms with Gasteiger partial charge < -0.3 is 26.6 Å². The van der Waals surface area contributed by atoms with Crippen LogP contribution in [0.4, 0.5) is 13.2 Å². The Hall–Kier alpha value is -2.18. The number of alkyl halides is 3. The average Bonchev–Trinajstić information content (AvgIpc) is 2.63. The van der Waals surface area contributed by atoms with Crippen LogP contribution in [0.15, 0.2) is 4.99 Å². The lowest BCUT2D eigenvalue weighted by Crippen LogP contribution is -2.44. The number of hydrogen-bond acceptors (Lipinski definition) is 6. The molecule has 0 aromatic rings. The fourth-order valence-corrected chi connectivity index (χ4v) is 2.29. The van der Waals surface area contributed by atoms with Crippen LogP contribution < -0.4 is 16.8 Å². The molecule has 0 aliphatic heterocycles. The van der Waals surface area contributed by atoms with Crippen molar-refractivity contribution in [2.24, 2.45) is 22.4 Å². The summed E-state index contributed by atoms with van der Waals surface area (Å²) in [5.41, 5.74) is 10.5. The smallest absolute Gasteiger partial charge is 0.475 e. The van der Waals surface area contributed by atoms with Gasteiger partial charge in [0.25, 0.3) is 0 Å². The average molecular weight is 446 g/mol. The minimum absolute atomic E-state index is 0.00774. The predicted octanol–water partition coefficient (Wildman–Crippen LogP) is 1.07. The van der Waals surface area contributed by atoms with E-state index in [9.17, 15) is 22.8 Å².